The Bertz CT molecular complexity index is 1210. The number of rotatable bonds is 8. The van der Waals surface area contributed by atoms with Gasteiger partial charge >= 0.3 is 0 Å². The second kappa shape index (κ2) is 12.5. The Morgan fingerprint density at radius 3 is 2.23 bits per heavy atom. The first-order chi connectivity index (χ1) is 18.8. The molecule has 0 bridgehead atoms. The molecule has 212 valence electrons. The molecular formula is C29H38ClN3O5S. The number of carbonyl (C=O) groups excluding carboxylic acids is 1. The highest BCUT2D eigenvalue weighted by Crippen LogP contribution is 2.32. The average Bonchev–Trinajstić information content (AvgIpc) is 3.39. The molecule has 0 radical (unpaired) electrons. The van der Waals surface area contributed by atoms with Crippen molar-refractivity contribution in [3.63, 3.8) is 0 Å². The Kier molecular flexibility index (Phi) is 9.01. The topological polar surface area (TPSA) is 102 Å². The van der Waals surface area contributed by atoms with Gasteiger partial charge in [-0.05, 0) is 80.1 Å². The zero-order valence-electron chi connectivity index (χ0n) is 22.2. The van der Waals surface area contributed by atoms with Crippen molar-refractivity contribution in [1.82, 2.24) is 9.21 Å². The van der Waals surface area contributed by atoms with Gasteiger partial charge in [-0.15, -0.1) is 0 Å². The summed E-state index contributed by atoms with van der Waals surface area (Å²) >= 11 is 6.00. The van der Waals surface area contributed by atoms with E-state index in [1.165, 1.54) is 36.4 Å². The molecule has 2 N–H and O–H groups in total. The zero-order valence-corrected chi connectivity index (χ0v) is 23.8. The summed E-state index contributed by atoms with van der Waals surface area (Å²) in [5.41, 5.74) is 6.03. The van der Waals surface area contributed by atoms with Gasteiger partial charge in [-0.25, -0.2) is 8.42 Å². The zero-order chi connectivity index (χ0) is 27.4. The van der Waals surface area contributed by atoms with Gasteiger partial charge in [0, 0.05) is 30.6 Å². The van der Waals surface area contributed by atoms with Crippen LogP contribution in [0.3, 0.4) is 0 Å². The van der Waals surface area contributed by atoms with E-state index in [9.17, 15) is 13.2 Å². The first-order valence-corrected chi connectivity index (χ1v) is 15.8. The standard InChI is InChI=1S/C29H38ClN3O5S/c30-22-6-8-25(9-7-22)38-26-18-28(29(34)32-16-14-23(31)15-17-32)33(19-26)39(35,36)27-12-10-24(11-13-27)37-20-21-4-2-1-3-5-21/h6-13,21,23,26,28H,1-5,14-20,31H2/t26-,28+/m1/s1. The van der Waals surface area contributed by atoms with E-state index in [4.69, 9.17) is 26.8 Å². The van der Waals surface area contributed by atoms with E-state index < -0.39 is 22.2 Å². The number of likely N-dealkylation sites (tertiary alicyclic amines) is 1. The van der Waals surface area contributed by atoms with Gasteiger partial charge in [0.2, 0.25) is 15.9 Å². The van der Waals surface area contributed by atoms with E-state index in [1.54, 1.807) is 53.4 Å². The predicted molar refractivity (Wildman–Crippen MR) is 150 cm³/mol. The van der Waals surface area contributed by atoms with Crippen molar-refractivity contribution in [3.8, 4) is 11.5 Å². The third-order valence-electron chi connectivity index (χ3n) is 8.11. The van der Waals surface area contributed by atoms with Gasteiger partial charge in [-0.2, -0.15) is 4.31 Å². The number of halogens is 1. The molecule has 2 atom stereocenters. The average molecular weight is 576 g/mol. The van der Waals surface area contributed by atoms with Crippen LogP contribution in [0.25, 0.3) is 0 Å². The summed E-state index contributed by atoms with van der Waals surface area (Å²) in [6.07, 6.45) is 7.35. The van der Waals surface area contributed by atoms with Crippen molar-refractivity contribution in [2.75, 3.05) is 26.2 Å². The second-order valence-corrected chi connectivity index (χ2v) is 13.3. The normalized spacial score (nSPS) is 23.6. The molecule has 5 rings (SSSR count). The summed E-state index contributed by atoms with van der Waals surface area (Å²) in [5.74, 6) is 1.60. The third kappa shape index (κ3) is 6.88. The molecule has 39 heavy (non-hydrogen) atoms. The Morgan fingerprint density at radius 1 is 0.923 bits per heavy atom. The van der Waals surface area contributed by atoms with Gasteiger partial charge in [0.15, 0.2) is 0 Å². The molecule has 2 aromatic carbocycles. The molecule has 2 saturated heterocycles. The lowest BCUT2D eigenvalue weighted by molar-refractivity contribution is -0.135. The smallest absolute Gasteiger partial charge is 0.243 e. The summed E-state index contributed by atoms with van der Waals surface area (Å²) in [5, 5.41) is 0.584. The Balaban J connectivity index is 1.32. The maximum Gasteiger partial charge on any atom is 0.243 e. The van der Waals surface area contributed by atoms with E-state index in [0.29, 0.717) is 55.0 Å². The van der Waals surface area contributed by atoms with Crippen molar-refractivity contribution in [3.05, 3.63) is 53.6 Å². The Hall–Kier alpha value is -2.33. The van der Waals surface area contributed by atoms with E-state index in [1.807, 2.05) is 0 Å². The Labute approximate surface area is 236 Å². The fourth-order valence-electron chi connectivity index (χ4n) is 5.79. The minimum absolute atomic E-state index is 0.0669. The molecule has 2 aliphatic heterocycles. The molecule has 1 aliphatic carbocycles. The highest BCUT2D eigenvalue weighted by Gasteiger charge is 2.46. The summed E-state index contributed by atoms with van der Waals surface area (Å²) in [4.78, 5) is 15.5. The highest BCUT2D eigenvalue weighted by molar-refractivity contribution is 7.89. The SMILES string of the molecule is NC1CCN(C(=O)[C@@H]2C[C@@H](Oc3ccc(Cl)cc3)CN2S(=O)(=O)c2ccc(OCC3CCCCC3)cc2)CC1. The van der Waals surface area contributed by atoms with Crippen molar-refractivity contribution in [2.24, 2.45) is 11.7 Å². The number of amides is 1. The molecule has 8 nitrogen and oxygen atoms in total. The van der Waals surface area contributed by atoms with Crippen LogP contribution >= 0.6 is 11.6 Å². The van der Waals surface area contributed by atoms with Crippen LogP contribution in [-0.4, -0.2) is 68.0 Å². The van der Waals surface area contributed by atoms with Crippen LogP contribution < -0.4 is 15.2 Å². The number of hydrogen-bond donors (Lipinski definition) is 1. The van der Waals surface area contributed by atoms with Crippen molar-refractivity contribution in [1.29, 1.82) is 0 Å². The van der Waals surface area contributed by atoms with Gasteiger partial charge < -0.3 is 20.1 Å². The lowest BCUT2D eigenvalue weighted by Crippen LogP contribution is -2.51. The minimum Gasteiger partial charge on any atom is -0.493 e. The number of nitrogens with zero attached hydrogens (tertiary/aromatic N) is 2. The molecule has 10 heteroatoms. The van der Waals surface area contributed by atoms with Crippen molar-refractivity contribution >= 4 is 27.5 Å². The second-order valence-electron chi connectivity index (χ2n) is 11.0. The predicted octanol–water partition coefficient (Wildman–Crippen LogP) is 4.46. The maximum absolute atomic E-state index is 13.9. The van der Waals surface area contributed by atoms with Gasteiger partial charge in [-0.3, -0.25) is 4.79 Å². The fourth-order valence-corrected chi connectivity index (χ4v) is 7.54. The molecule has 1 saturated carbocycles. The largest absolute Gasteiger partial charge is 0.493 e. The molecule has 2 aromatic rings. The van der Waals surface area contributed by atoms with Crippen molar-refractivity contribution in [2.45, 2.75) is 74.4 Å². The van der Waals surface area contributed by atoms with Gasteiger partial charge in [-0.1, -0.05) is 30.9 Å². The number of ether oxygens (including phenoxy) is 2. The molecule has 3 fully saturated rings. The highest BCUT2D eigenvalue weighted by atomic mass is 35.5. The fraction of sp³-hybridized carbons (Fsp3) is 0.552. The lowest BCUT2D eigenvalue weighted by atomic mass is 9.90. The van der Waals surface area contributed by atoms with Gasteiger partial charge in [0.25, 0.3) is 0 Å². The first-order valence-electron chi connectivity index (χ1n) is 14.0. The van der Waals surface area contributed by atoms with E-state index in [-0.39, 0.29) is 29.8 Å². The number of piperidine rings is 1. The molecule has 0 aromatic heterocycles. The number of benzene rings is 2. The first kappa shape index (κ1) is 28.2. The van der Waals surface area contributed by atoms with Crippen LogP contribution in [0.2, 0.25) is 5.02 Å². The van der Waals surface area contributed by atoms with Gasteiger partial charge in [0.1, 0.15) is 23.6 Å². The summed E-state index contributed by atoms with van der Waals surface area (Å²) in [6, 6.07) is 12.7. The minimum atomic E-state index is -3.96. The Morgan fingerprint density at radius 2 is 1.56 bits per heavy atom. The molecule has 3 aliphatic rings. The van der Waals surface area contributed by atoms with Crippen LogP contribution in [0.15, 0.2) is 53.4 Å². The van der Waals surface area contributed by atoms with Crippen LogP contribution in [0.1, 0.15) is 51.4 Å². The molecule has 1 amide bonds. The monoisotopic (exact) mass is 575 g/mol. The summed E-state index contributed by atoms with van der Waals surface area (Å²) in [6.45, 7) is 1.78. The number of sulfonamides is 1. The van der Waals surface area contributed by atoms with Crippen LogP contribution in [0, 0.1) is 5.92 Å². The van der Waals surface area contributed by atoms with E-state index >= 15 is 0 Å². The number of hydrogen-bond acceptors (Lipinski definition) is 6. The number of carbonyl (C=O) groups is 1. The quantitative estimate of drug-likeness (QED) is 0.499. The lowest BCUT2D eigenvalue weighted by Gasteiger charge is -2.34. The molecule has 2 heterocycles. The van der Waals surface area contributed by atoms with Crippen molar-refractivity contribution < 1.29 is 22.7 Å². The van der Waals surface area contributed by atoms with Crippen LogP contribution in [0.5, 0.6) is 11.5 Å². The number of nitrogens with two attached hydrogens (primary N) is 1. The van der Waals surface area contributed by atoms with Crippen LogP contribution in [0.4, 0.5) is 0 Å². The van der Waals surface area contributed by atoms with E-state index in [2.05, 4.69) is 0 Å². The molecule has 0 spiro atoms. The summed E-state index contributed by atoms with van der Waals surface area (Å²) < 4.78 is 41.1. The summed E-state index contributed by atoms with van der Waals surface area (Å²) in [7, 11) is -3.96. The molecular weight excluding hydrogens is 538 g/mol. The molecule has 0 unspecified atom stereocenters. The van der Waals surface area contributed by atoms with Crippen LogP contribution in [-0.2, 0) is 14.8 Å². The third-order valence-corrected chi connectivity index (χ3v) is 10.3. The maximum atomic E-state index is 13.9. The van der Waals surface area contributed by atoms with Gasteiger partial charge in [0.05, 0.1) is 18.0 Å². The van der Waals surface area contributed by atoms with E-state index in [0.717, 1.165) is 0 Å².